The molecule has 6 nitrogen and oxygen atoms in total. The van der Waals surface area contributed by atoms with Gasteiger partial charge >= 0.3 is 6.03 Å². The average molecular weight is 362 g/mol. The monoisotopic (exact) mass is 361 g/mol. The maximum absolute atomic E-state index is 12.7. The number of fused-ring (bicyclic) bond motifs is 1. The van der Waals surface area contributed by atoms with Crippen molar-refractivity contribution >= 4 is 34.4 Å². The van der Waals surface area contributed by atoms with Gasteiger partial charge in [0.25, 0.3) is 5.91 Å². The minimum atomic E-state index is -0.523. The summed E-state index contributed by atoms with van der Waals surface area (Å²) in [5.74, 6) is 0.182. The van der Waals surface area contributed by atoms with Crippen molar-refractivity contribution in [1.29, 1.82) is 0 Å². The van der Waals surface area contributed by atoms with Gasteiger partial charge in [0.05, 0.1) is 10.5 Å². The predicted octanol–water partition coefficient (Wildman–Crippen LogP) is 2.71. The van der Waals surface area contributed by atoms with Crippen LogP contribution in [0.3, 0.4) is 0 Å². The van der Waals surface area contributed by atoms with Gasteiger partial charge in [-0.05, 0) is 30.4 Å². The number of hydrogen-bond acceptors (Lipinski definition) is 3. The van der Waals surface area contributed by atoms with Crippen molar-refractivity contribution < 1.29 is 14.3 Å². The van der Waals surface area contributed by atoms with E-state index in [2.05, 4.69) is 10.3 Å². The standard InChI is InChI=1S/C18H20ClN3O3/c19-14-3-1-2-13-12(9-20-16(13)14)8-15-17(23)22(18(24)21-15)10-11-4-6-25-7-5-11/h1-3,9,11,15,20H,4-8,10H2,(H,21,24)/t15-/m1/s1. The maximum Gasteiger partial charge on any atom is 0.324 e. The summed E-state index contributed by atoms with van der Waals surface area (Å²) in [6.07, 6.45) is 4.09. The Hall–Kier alpha value is -2.05. The molecule has 1 aromatic heterocycles. The largest absolute Gasteiger partial charge is 0.381 e. The number of aromatic amines is 1. The number of ether oxygens (including phenoxy) is 1. The molecule has 7 heteroatoms. The van der Waals surface area contributed by atoms with Gasteiger partial charge in [-0.2, -0.15) is 0 Å². The highest BCUT2D eigenvalue weighted by molar-refractivity contribution is 6.35. The Bertz CT molecular complexity index is 813. The molecule has 132 valence electrons. The summed E-state index contributed by atoms with van der Waals surface area (Å²) in [4.78, 5) is 29.5. The predicted molar refractivity (Wildman–Crippen MR) is 94.6 cm³/mol. The van der Waals surface area contributed by atoms with Crippen LogP contribution in [0.15, 0.2) is 24.4 Å². The number of nitrogens with zero attached hydrogens (tertiary/aromatic N) is 1. The Morgan fingerprint density at radius 3 is 2.84 bits per heavy atom. The zero-order chi connectivity index (χ0) is 17.4. The maximum atomic E-state index is 12.7. The Balaban J connectivity index is 1.48. The van der Waals surface area contributed by atoms with Gasteiger partial charge in [0.2, 0.25) is 0 Å². The zero-order valence-corrected chi connectivity index (χ0v) is 14.5. The number of H-pyrrole nitrogens is 1. The first-order chi connectivity index (χ1) is 12.1. The number of aromatic nitrogens is 1. The number of carbonyl (C=O) groups is 2. The molecule has 3 heterocycles. The van der Waals surface area contributed by atoms with E-state index in [9.17, 15) is 9.59 Å². The number of halogens is 1. The molecule has 0 bridgehead atoms. The van der Waals surface area contributed by atoms with Crippen LogP contribution >= 0.6 is 11.6 Å². The van der Waals surface area contributed by atoms with Crippen LogP contribution in [-0.4, -0.2) is 47.6 Å². The SMILES string of the molecule is O=C1N[C@H](Cc2c[nH]c3c(Cl)cccc23)C(=O)N1CC1CCOCC1. The second-order valence-corrected chi connectivity index (χ2v) is 7.09. The van der Waals surface area contributed by atoms with Crippen molar-refractivity contribution in [2.24, 2.45) is 5.92 Å². The molecular formula is C18H20ClN3O3. The number of rotatable bonds is 4. The number of nitrogens with one attached hydrogen (secondary N) is 2. The van der Waals surface area contributed by atoms with Crippen molar-refractivity contribution in [3.05, 3.63) is 35.0 Å². The molecule has 4 rings (SSSR count). The summed E-state index contributed by atoms with van der Waals surface area (Å²) >= 11 is 6.18. The molecule has 0 spiro atoms. The average Bonchev–Trinajstić information content (AvgIpc) is 3.14. The highest BCUT2D eigenvalue weighted by Crippen LogP contribution is 2.27. The van der Waals surface area contributed by atoms with Crippen LogP contribution in [0.1, 0.15) is 18.4 Å². The van der Waals surface area contributed by atoms with E-state index in [0.29, 0.717) is 37.1 Å². The molecule has 2 aliphatic heterocycles. The molecule has 0 unspecified atom stereocenters. The van der Waals surface area contributed by atoms with E-state index in [4.69, 9.17) is 16.3 Å². The molecule has 1 atom stereocenters. The zero-order valence-electron chi connectivity index (χ0n) is 13.8. The smallest absolute Gasteiger partial charge is 0.324 e. The second-order valence-electron chi connectivity index (χ2n) is 6.69. The Morgan fingerprint density at radius 2 is 2.04 bits per heavy atom. The molecule has 2 N–H and O–H groups in total. The van der Waals surface area contributed by atoms with E-state index < -0.39 is 6.04 Å². The van der Waals surface area contributed by atoms with Crippen molar-refractivity contribution in [2.75, 3.05) is 19.8 Å². The lowest BCUT2D eigenvalue weighted by Crippen LogP contribution is -2.37. The summed E-state index contributed by atoms with van der Waals surface area (Å²) in [6.45, 7) is 1.88. The fraction of sp³-hybridized carbons (Fsp3) is 0.444. The fourth-order valence-corrected chi connectivity index (χ4v) is 3.87. The second kappa shape index (κ2) is 6.69. The number of benzene rings is 1. The lowest BCUT2D eigenvalue weighted by molar-refractivity contribution is -0.128. The van der Waals surface area contributed by atoms with Crippen molar-refractivity contribution in [3.8, 4) is 0 Å². The van der Waals surface area contributed by atoms with Crippen molar-refractivity contribution in [2.45, 2.75) is 25.3 Å². The first-order valence-electron chi connectivity index (χ1n) is 8.57. The summed E-state index contributed by atoms with van der Waals surface area (Å²) in [7, 11) is 0. The van der Waals surface area contributed by atoms with Gasteiger partial charge in [0, 0.05) is 37.8 Å². The molecule has 0 saturated carbocycles. The fourth-order valence-electron chi connectivity index (χ4n) is 3.64. The summed E-state index contributed by atoms with van der Waals surface area (Å²) in [5.41, 5.74) is 1.83. The van der Waals surface area contributed by atoms with Gasteiger partial charge in [-0.3, -0.25) is 9.69 Å². The van der Waals surface area contributed by atoms with E-state index in [1.807, 2.05) is 24.4 Å². The van der Waals surface area contributed by atoms with Crippen LogP contribution in [0.2, 0.25) is 5.02 Å². The highest BCUT2D eigenvalue weighted by Gasteiger charge is 2.39. The van der Waals surface area contributed by atoms with Crippen LogP contribution in [0.5, 0.6) is 0 Å². The van der Waals surface area contributed by atoms with Crippen LogP contribution in [0, 0.1) is 5.92 Å². The number of amides is 3. The third kappa shape index (κ3) is 3.12. The van der Waals surface area contributed by atoms with Gasteiger partial charge in [-0.15, -0.1) is 0 Å². The van der Waals surface area contributed by atoms with E-state index in [1.54, 1.807) is 0 Å². The Labute approximate surface area is 150 Å². The molecule has 2 aromatic rings. The van der Waals surface area contributed by atoms with Crippen LogP contribution in [-0.2, 0) is 16.0 Å². The third-order valence-corrected chi connectivity index (χ3v) is 5.38. The number of urea groups is 1. The number of para-hydroxylation sites is 1. The Kier molecular flexibility index (Phi) is 4.39. The highest BCUT2D eigenvalue weighted by atomic mass is 35.5. The van der Waals surface area contributed by atoms with Crippen LogP contribution < -0.4 is 5.32 Å². The molecule has 2 saturated heterocycles. The molecule has 2 fully saturated rings. The molecule has 2 aliphatic rings. The molecule has 3 amide bonds. The van der Waals surface area contributed by atoms with Crippen LogP contribution in [0.25, 0.3) is 10.9 Å². The van der Waals surface area contributed by atoms with Crippen LogP contribution in [0.4, 0.5) is 4.79 Å². The van der Waals surface area contributed by atoms with E-state index >= 15 is 0 Å². The van der Waals surface area contributed by atoms with Crippen molar-refractivity contribution in [3.63, 3.8) is 0 Å². The van der Waals surface area contributed by atoms with E-state index in [1.165, 1.54) is 4.90 Å². The van der Waals surface area contributed by atoms with Crippen molar-refractivity contribution in [1.82, 2.24) is 15.2 Å². The van der Waals surface area contributed by atoms with Gasteiger partial charge in [0.1, 0.15) is 6.04 Å². The normalized spacial score (nSPS) is 22.0. The first-order valence-corrected chi connectivity index (χ1v) is 8.95. The minimum Gasteiger partial charge on any atom is -0.381 e. The lowest BCUT2D eigenvalue weighted by Gasteiger charge is -2.25. The van der Waals surface area contributed by atoms with Gasteiger partial charge < -0.3 is 15.0 Å². The van der Waals surface area contributed by atoms with Gasteiger partial charge in [-0.1, -0.05) is 23.7 Å². The van der Waals surface area contributed by atoms with E-state index in [0.717, 1.165) is 29.3 Å². The molecule has 0 radical (unpaired) electrons. The minimum absolute atomic E-state index is 0.145. The number of carbonyl (C=O) groups excluding carboxylic acids is 2. The number of imide groups is 1. The molecule has 25 heavy (non-hydrogen) atoms. The van der Waals surface area contributed by atoms with Gasteiger partial charge in [0.15, 0.2) is 0 Å². The lowest BCUT2D eigenvalue weighted by atomic mass is 9.99. The molecular weight excluding hydrogens is 342 g/mol. The quantitative estimate of drug-likeness (QED) is 0.822. The summed E-state index contributed by atoms with van der Waals surface area (Å²) in [6, 6.07) is 4.86. The molecule has 1 aromatic carbocycles. The first kappa shape index (κ1) is 16.4. The summed E-state index contributed by atoms with van der Waals surface area (Å²) < 4.78 is 5.34. The Morgan fingerprint density at radius 1 is 1.24 bits per heavy atom. The third-order valence-electron chi connectivity index (χ3n) is 5.06. The number of hydrogen-bond donors (Lipinski definition) is 2. The van der Waals surface area contributed by atoms with E-state index in [-0.39, 0.29) is 11.9 Å². The van der Waals surface area contributed by atoms with Gasteiger partial charge in [-0.25, -0.2) is 4.79 Å². The summed E-state index contributed by atoms with van der Waals surface area (Å²) in [5, 5.41) is 4.45. The molecule has 0 aliphatic carbocycles. The topological polar surface area (TPSA) is 74.4 Å².